The second kappa shape index (κ2) is 6.56. The maximum Gasteiger partial charge on any atom is 0.335 e. The van der Waals surface area contributed by atoms with Crippen LogP contribution in [0.2, 0.25) is 0 Å². The Hall–Kier alpha value is -3.27. The predicted molar refractivity (Wildman–Crippen MR) is 87.7 cm³/mol. The first kappa shape index (κ1) is 17.5. The third-order valence-electron chi connectivity index (χ3n) is 3.43. The van der Waals surface area contributed by atoms with Crippen LogP contribution < -0.4 is 4.72 Å². The van der Waals surface area contributed by atoms with Gasteiger partial charge in [-0.3, -0.25) is 4.72 Å². The number of hydrogen-bond donors (Lipinski definition) is 2. The van der Waals surface area contributed by atoms with Crippen molar-refractivity contribution in [3.05, 3.63) is 72.1 Å². The fourth-order valence-corrected chi connectivity index (χ4v) is 3.14. The van der Waals surface area contributed by atoms with E-state index in [4.69, 9.17) is 5.11 Å². The highest BCUT2D eigenvalue weighted by Crippen LogP contribution is 2.22. The monoisotopic (exact) mass is 379 g/mol. The molecule has 3 aromatic rings. The SMILES string of the molecule is O=C(O)c1ccc(F)c(NS(=O)(=O)c2cnn(-c3ccccc3F)c2)c1. The number of carboxylic acid groups (broad SMARTS) is 1. The molecule has 0 atom stereocenters. The minimum atomic E-state index is -4.27. The second-order valence-corrected chi connectivity index (χ2v) is 6.86. The number of sulfonamides is 1. The summed E-state index contributed by atoms with van der Waals surface area (Å²) in [5, 5.41) is 12.7. The Balaban J connectivity index is 1.94. The predicted octanol–water partition coefficient (Wildman–Crippen LogP) is 2.65. The van der Waals surface area contributed by atoms with Crippen LogP contribution in [0.25, 0.3) is 5.69 Å². The summed E-state index contributed by atoms with van der Waals surface area (Å²) in [7, 11) is -4.27. The molecule has 0 aliphatic heterocycles. The van der Waals surface area contributed by atoms with Crippen LogP contribution in [0.5, 0.6) is 0 Å². The molecule has 0 bridgehead atoms. The van der Waals surface area contributed by atoms with Gasteiger partial charge in [0, 0.05) is 0 Å². The van der Waals surface area contributed by atoms with Crippen molar-refractivity contribution >= 4 is 21.7 Å². The number of carbonyl (C=O) groups is 1. The smallest absolute Gasteiger partial charge is 0.335 e. The van der Waals surface area contributed by atoms with Crippen molar-refractivity contribution in [1.82, 2.24) is 9.78 Å². The molecular weight excluding hydrogens is 368 g/mol. The average Bonchev–Trinajstić information content (AvgIpc) is 3.07. The number of hydrogen-bond acceptors (Lipinski definition) is 4. The van der Waals surface area contributed by atoms with Crippen molar-refractivity contribution in [1.29, 1.82) is 0 Å². The number of aromatic carboxylic acids is 1. The molecule has 0 amide bonds. The molecule has 0 aliphatic carbocycles. The van der Waals surface area contributed by atoms with Crippen LogP contribution >= 0.6 is 0 Å². The summed E-state index contributed by atoms with van der Waals surface area (Å²) in [5.74, 6) is -2.88. The minimum absolute atomic E-state index is 0.0352. The summed E-state index contributed by atoms with van der Waals surface area (Å²) >= 11 is 0. The molecule has 0 saturated heterocycles. The number of aromatic nitrogens is 2. The van der Waals surface area contributed by atoms with E-state index >= 15 is 0 Å². The van der Waals surface area contributed by atoms with Gasteiger partial charge in [-0.25, -0.2) is 26.7 Å². The standard InChI is InChI=1S/C16H11F2N3O4S/c17-12-6-5-10(16(22)23)7-14(12)20-26(24,25)11-8-19-21(9-11)15-4-2-1-3-13(15)18/h1-9,20H,(H,22,23). The summed E-state index contributed by atoms with van der Waals surface area (Å²) in [4.78, 5) is 10.6. The lowest BCUT2D eigenvalue weighted by Crippen LogP contribution is -2.14. The quantitative estimate of drug-likeness (QED) is 0.710. The second-order valence-electron chi connectivity index (χ2n) is 5.18. The Labute approximate surface area is 146 Å². The Kier molecular flexibility index (Phi) is 4.43. The fourth-order valence-electron chi connectivity index (χ4n) is 2.15. The van der Waals surface area contributed by atoms with E-state index in [0.717, 1.165) is 35.3 Å². The largest absolute Gasteiger partial charge is 0.478 e. The van der Waals surface area contributed by atoms with Crippen LogP contribution in [-0.4, -0.2) is 29.3 Å². The van der Waals surface area contributed by atoms with Crippen molar-refractivity contribution in [2.75, 3.05) is 4.72 Å². The van der Waals surface area contributed by atoms with Gasteiger partial charge in [-0.1, -0.05) is 12.1 Å². The molecular formula is C16H11F2N3O4S. The molecule has 0 fully saturated rings. The van der Waals surface area contributed by atoms with Gasteiger partial charge in [0.1, 0.15) is 22.2 Å². The number of para-hydroxylation sites is 1. The third-order valence-corrected chi connectivity index (χ3v) is 4.75. The number of nitrogens with one attached hydrogen (secondary N) is 1. The molecule has 2 N–H and O–H groups in total. The number of halogens is 2. The number of carboxylic acids is 1. The lowest BCUT2D eigenvalue weighted by Gasteiger charge is -2.08. The van der Waals surface area contributed by atoms with Gasteiger partial charge >= 0.3 is 5.97 Å². The zero-order valence-corrected chi connectivity index (χ0v) is 13.7. The summed E-state index contributed by atoms with van der Waals surface area (Å²) < 4.78 is 55.4. The van der Waals surface area contributed by atoms with E-state index < -0.39 is 33.3 Å². The summed E-state index contributed by atoms with van der Waals surface area (Å²) in [6.45, 7) is 0. The Morgan fingerprint density at radius 1 is 1.12 bits per heavy atom. The molecule has 1 aromatic heterocycles. The molecule has 7 nitrogen and oxygen atoms in total. The first-order valence-corrected chi connectivity index (χ1v) is 8.61. The van der Waals surface area contributed by atoms with Crippen molar-refractivity contribution in [2.24, 2.45) is 0 Å². The van der Waals surface area contributed by atoms with Crippen LogP contribution in [0, 0.1) is 11.6 Å². The highest BCUT2D eigenvalue weighted by Gasteiger charge is 2.20. The van der Waals surface area contributed by atoms with Gasteiger partial charge in [0.05, 0.1) is 23.6 Å². The molecule has 134 valence electrons. The molecule has 2 aromatic carbocycles. The molecule has 26 heavy (non-hydrogen) atoms. The van der Waals surface area contributed by atoms with E-state index in [1.807, 2.05) is 4.72 Å². The molecule has 10 heteroatoms. The summed E-state index contributed by atoms with van der Waals surface area (Å²) in [5.41, 5.74) is -0.775. The summed E-state index contributed by atoms with van der Waals surface area (Å²) in [6, 6.07) is 8.32. The number of benzene rings is 2. The lowest BCUT2D eigenvalue weighted by molar-refractivity contribution is 0.0697. The Morgan fingerprint density at radius 3 is 2.54 bits per heavy atom. The molecule has 0 spiro atoms. The van der Waals surface area contributed by atoms with Gasteiger partial charge in [0.25, 0.3) is 10.0 Å². The number of rotatable bonds is 5. The van der Waals surface area contributed by atoms with Crippen molar-refractivity contribution in [3.8, 4) is 5.69 Å². The molecule has 1 heterocycles. The molecule has 0 radical (unpaired) electrons. The summed E-state index contributed by atoms with van der Waals surface area (Å²) in [6.07, 6.45) is 2.02. The minimum Gasteiger partial charge on any atom is -0.478 e. The maximum absolute atomic E-state index is 13.8. The zero-order chi connectivity index (χ0) is 18.9. The highest BCUT2D eigenvalue weighted by atomic mass is 32.2. The lowest BCUT2D eigenvalue weighted by atomic mass is 10.2. The van der Waals surface area contributed by atoms with Gasteiger partial charge in [0.2, 0.25) is 0 Å². The van der Waals surface area contributed by atoms with Crippen LogP contribution in [0.4, 0.5) is 14.5 Å². The average molecular weight is 379 g/mol. The Bertz CT molecular complexity index is 1100. The van der Waals surface area contributed by atoms with Crippen LogP contribution in [0.15, 0.2) is 59.8 Å². The third kappa shape index (κ3) is 3.40. The molecule has 0 unspecified atom stereocenters. The van der Waals surface area contributed by atoms with E-state index in [2.05, 4.69) is 5.10 Å². The van der Waals surface area contributed by atoms with Gasteiger partial charge in [-0.2, -0.15) is 5.10 Å². The Morgan fingerprint density at radius 2 is 1.85 bits per heavy atom. The topological polar surface area (TPSA) is 101 Å². The van der Waals surface area contributed by atoms with Crippen molar-refractivity contribution < 1.29 is 27.1 Å². The van der Waals surface area contributed by atoms with Crippen molar-refractivity contribution in [3.63, 3.8) is 0 Å². The first-order chi connectivity index (χ1) is 12.3. The van der Waals surface area contributed by atoms with E-state index in [-0.39, 0.29) is 16.1 Å². The van der Waals surface area contributed by atoms with E-state index in [1.165, 1.54) is 18.2 Å². The van der Waals surface area contributed by atoms with Crippen LogP contribution in [0.1, 0.15) is 10.4 Å². The molecule has 0 saturated carbocycles. The number of nitrogens with zero attached hydrogens (tertiary/aromatic N) is 2. The van der Waals surface area contributed by atoms with Crippen molar-refractivity contribution in [2.45, 2.75) is 4.90 Å². The van der Waals surface area contributed by atoms with E-state index in [1.54, 1.807) is 6.07 Å². The maximum atomic E-state index is 13.8. The van der Waals surface area contributed by atoms with Crippen LogP contribution in [-0.2, 0) is 10.0 Å². The normalized spacial score (nSPS) is 11.3. The van der Waals surface area contributed by atoms with Gasteiger partial charge < -0.3 is 5.11 Å². The van der Waals surface area contributed by atoms with Gasteiger partial charge in [-0.15, -0.1) is 0 Å². The fraction of sp³-hybridized carbons (Fsp3) is 0. The van der Waals surface area contributed by atoms with Gasteiger partial charge in [0.15, 0.2) is 0 Å². The highest BCUT2D eigenvalue weighted by molar-refractivity contribution is 7.92. The first-order valence-electron chi connectivity index (χ1n) is 7.13. The number of anilines is 1. The van der Waals surface area contributed by atoms with E-state index in [9.17, 15) is 22.0 Å². The van der Waals surface area contributed by atoms with Crippen LogP contribution in [0.3, 0.4) is 0 Å². The van der Waals surface area contributed by atoms with Gasteiger partial charge in [-0.05, 0) is 30.3 Å². The zero-order valence-electron chi connectivity index (χ0n) is 12.9. The molecule has 3 rings (SSSR count). The van der Waals surface area contributed by atoms with E-state index in [0.29, 0.717) is 0 Å². The molecule has 0 aliphatic rings.